The highest BCUT2D eigenvalue weighted by Gasteiger charge is 2.17. The van der Waals surface area contributed by atoms with Crippen LogP contribution in [-0.2, 0) is 22.7 Å². The van der Waals surface area contributed by atoms with Gasteiger partial charge in [0.2, 0.25) is 11.8 Å². The zero-order valence-corrected chi connectivity index (χ0v) is 19.9. The molecule has 0 aliphatic heterocycles. The lowest BCUT2D eigenvalue weighted by Gasteiger charge is -2.17. The van der Waals surface area contributed by atoms with E-state index < -0.39 is 0 Å². The van der Waals surface area contributed by atoms with E-state index in [1.807, 2.05) is 83.4 Å². The molecule has 0 unspecified atom stereocenters. The standard InChI is InChI=1S/C26H26N4O3S/c1-29(20-8-4-3-5-9-20)25(32)18-34-26-28-22-10-6-7-11-23(22)30(26)17-24(31)27-16-19-12-14-21(33-2)15-13-19/h3-15H,16-18H2,1-2H3,(H,27,31). The van der Waals surface area contributed by atoms with Crippen molar-refractivity contribution >= 4 is 40.3 Å². The molecule has 0 fully saturated rings. The van der Waals surface area contributed by atoms with Crippen LogP contribution in [0.25, 0.3) is 11.0 Å². The number of hydrogen-bond acceptors (Lipinski definition) is 5. The van der Waals surface area contributed by atoms with Gasteiger partial charge < -0.3 is 19.5 Å². The number of hydrogen-bond donors (Lipinski definition) is 1. The Kier molecular flexibility index (Phi) is 7.49. The fourth-order valence-corrected chi connectivity index (χ4v) is 4.41. The summed E-state index contributed by atoms with van der Waals surface area (Å²) >= 11 is 1.33. The third-order valence-corrected chi connectivity index (χ3v) is 6.37. The van der Waals surface area contributed by atoms with E-state index in [-0.39, 0.29) is 24.1 Å². The number of thioether (sulfide) groups is 1. The van der Waals surface area contributed by atoms with E-state index >= 15 is 0 Å². The molecule has 0 aliphatic rings. The number of rotatable bonds is 9. The molecule has 0 atom stereocenters. The van der Waals surface area contributed by atoms with Gasteiger partial charge in [0, 0.05) is 19.3 Å². The lowest BCUT2D eigenvalue weighted by molar-refractivity contribution is -0.121. The van der Waals surface area contributed by atoms with Gasteiger partial charge in [-0.2, -0.15) is 0 Å². The molecule has 0 spiro atoms. The van der Waals surface area contributed by atoms with E-state index in [2.05, 4.69) is 10.3 Å². The number of imidazole rings is 1. The minimum Gasteiger partial charge on any atom is -0.497 e. The Morgan fingerprint density at radius 1 is 1.00 bits per heavy atom. The van der Waals surface area contributed by atoms with Crippen LogP contribution in [0, 0.1) is 0 Å². The predicted octanol–water partition coefficient (Wildman–Crippen LogP) is 4.12. The van der Waals surface area contributed by atoms with Gasteiger partial charge in [0.25, 0.3) is 0 Å². The Hall–Kier alpha value is -3.78. The number of nitrogens with one attached hydrogen (secondary N) is 1. The van der Waals surface area contributed by atoms with Crippen LogP contribution in [0.1, 0.15) is 5.56 Å². The topological polar surface area (TPSA) is 76.5 Å². The Labute approximate surface area is 202 Å². The summed E-state index contributed by atoms with van der Waals surface area (Å²) in [6.45, 7) is 0.528. The molecular weight excluding hydrogens is 448 g/mol. The normalized spacial score (nSPS) is 10.8. The SMILES string of the molecule is COc1ccc(CNC(=O)Cn2c(SCC(=O)N(C)c3ccccc3)nc3ccccc32)cc1. The highest BCUT2D eigenvalue weighted by Crippen LogP contribution is 2.25. The fourth-order valence-electron chi connectivity index (χ4n) is 3.48. The number of nitrogens with zero attached hydrogens (tertiary/aromatic N) is 3. The molecular formula is C26H26N4O3S. The lowest BCUT2D eigenvalue weighted by Crippen LogP contribution is -2.28. The third-order valence-electron chi connectivity index (χ3n) is 5.41. The second-order valence-corrected chi connectivity index (χ2v) is 8.61. The number of anilines is 1. The van der Waals surface area contributed by atoms with Gasteiger partial charge in [0.1, 0.15) is 12.3 Å². The number of carbonyl (C=O) groups excluding carboxylic acids is 2. The van der Waals surface area contributed by atoms with Gasteiger partial charge >= 0.3 is 0 Å². The van der Waals surface area contributed by atoms with E-state index in [9.17, 15) is 9.59 Å². The first-order valence-corrected chi connectivity index (χ1v) is 11.8. The molecule has 4 aromatic rings. The molecule has 2 amide bonds. The van der Waals surface area contributed by atoms with Gasteiger partial charge in [0.05, 0.1) is 23.9 Å². The first-order valence-electron chi connectivity index (χ1n) is 10.8. The molecule has 7 nitrogen and oxygen atoms in total. The Morgan fingerprint density at radius 2 is 1.71 bits per heavy atom. The number of fused-ring (bicyclic) bond motifs is 1. The Morgan fingerprint density at radius 3 is 2.44 bits per heavy atom. The molecule has 0 aliphatic carbocycles. The number of benzene rings is 3. The van der Waals surface area contributed by atoms with Crippen molar-refractivity contribution in [2.45, 2.75) is 18.2 Å². The van der Waals surface area contributed by atoms with Gasteiger partial charge in [0.15, 0.2) is 5.16 Å². The zero-order valence-electron chi connectivity index (χ0n) is 19.1. The summed E-state index contributed by atoms with van der Waals surface area (Å²) in [7, 11) is 3.38. The molecule has 0 radical (unpaired) electrons. The molecule has 0 saturated heterocycles. The largest absolute Gasteiger partial charge is 0.497 e. The van der Waals surface area contributed by atoms with Crippen LogP contribution >= 0.6 is 11.8 Å². The number of para-hydroxylation sites is 3. The highest BCUT2D eigenvalue weighted by atomic mass is 32.2. The minimum absolute atomic E-state index is 0.0428. The van der Waals surface area contributed by atoms with Crippen LogP contribution in [0.2, 0.25) is 0 Å². The highest BCUT2D eigenvalue weighted by molar-refractivity contribution is 7.99. The average Bonchev–Trinajstić information content (AvgIpc) is 3.23. The molecule has 34 heavy (non-hydrogen) atoms. The third kappa shape index (κ3) is 5.58. The van der Waals surface area contributed by atoms with Crippen molar-refractivity contribution in [3.63, 3.8) is 0 Å². The van der Waals surface area contributed by atoms with Gasteiger partial charge in [-0.25, -0.2) is 4.98 Å². The van der Waals surface area contributed by atoms with Gasteiger partial charge in [-0.3, -0.25) is 9.59 Å². The Bertz CT molecular complexity index is 1270. The molecule has 1 aromatic heterocycles. The zero-order chi connectivity index (χ0) is 23.9. The van der Waals surface area contributed by atoms with Gasteiger partial charge in [-0.15, -0.1) is 0 Å². The van der Waals surface area contributed by atoms with Crippen molar-refractivity contribution in [2.75, 3.05) is 24.8 Å². The molecule has 1 N–H and O–H groups in total. The van der Waals surface area contributed by atoms with Crippen molar-refractivity contribution in [1.29, 1.82) is 0 Å². The number of methoxy groups -OCH3 is 1. The van der Waals surface area contributed by atoms with Crippen LogP contribution in [0.3, 0.4) is 0 Å². The lowest BCUT2D eigenvalue weighted by atomic mass is 10.2. The molecule has 8 heteroatoms. The summed E-state index contributed by atoms with van der Waals surface area (Å²) in [5.74, 6) is 0.809. The maximum Gasteiger partial charge on any atom is 0.240 e. The molecule has 4 rings (SSSR count). The van der Waals surface area contributed by atoms with E-state index in [0.717, 1.165) is 28.0 Å². The van der Waals surface area contributed by atoms with Crippen molar-refractivity contribution < 1.29 is 14.3 Å². The molecule has 3 aromatic carbocycles. The van der Waals surface area contributed by atoms with Crippen molar-refractivity contribution in [3.05, 3.63) is 84.4 Å². The summed E-state index contributed by atoms with van der Waals surface area (Å²) in [6, 6.07) is 24.7. The second-order valence-electron chi connectivity index (χ2n) is 7.67. The summed E-state index contributed by atoms with van der Waals surface area (Å²) < 4.78 is 7.03. The molecule has 174 valence electrons. The molecule has 0 saturated carbocycles. The van der Waals surface area contributed by atoms with E-state index in [1.54, 1.807) is 19.1 Å². The maximum atomic E-state index is 12.8. The molecule has 0 bridgehead atoms. The first kappa shape index (κ1) is 23.4. The van der Waals surface area contributed by atoms with Crippen LogP contribution in [0.15, 0.2) is 84.0 Å². The van der Waals surface area contributed by atoms with E-state index in [0.29, 0.717) is 11.7 Å². The van der Waals surface area contributed by atoms with E-state index in [1.165, 1.54) is 11.8 Å². The number of aromatic nitrogens is 2. The van der Waals surface area contributed by atoms with Crippen LogP contribution in [0.5, 0.6) is 5.75 Å². The van der Waals surface area contributed by atoms with Crippen LogP contribution < -0.4 is 15.0 Å². The number of amides is 2. The number of carbonyl (C=O) groups is 2. The van der Waals surface area contributed by atoms with Gasteiger partial charge in [-0.1, -0.05) is 54.2 Å². The number of ether oxygens (including phenoxy) is 1. The van der Waals surface area contributed by atoms with Gasteiger partial charge in [-0.05, 0) is 42.0 Å². The van der Waals surface area contributed by atoms with Crippen molar-refractivity contribution in [2.24, 2.45) is 0 Å². The summed E-state index contributed by atoms with van der Waals surface area (Å²) in [5.41, 5.74) is 3.46. The smallest absolute Gasteiger partial charge is 0.240 e. The van der Waals surface area contributed by atoms with Crippen LogP contribution in [-0.4, -0.2) is 41.3 Å². The molecule has 1 heterocycles. The summed E-state index contributed by atoms with van der Waals surface area (Å²) in [5, 5.41) is 3.59. The summed E-state index contributed by atoms with van der Waals surface area (Å²) in [4.78, 5) is 31.8. The average molecular weight is 475 g/mol. The van der Waals surface area contributed by atoms with E-state index in [4.69, 9.17) is 4.74 Å². The predicted molar refractivity (Wildman–Crippen MR) is 135 cm³/mol. The monoisotopic (exact) mass is 474 g/mol. The quantitative estimate of drug-likeness (QED) is 0.370. The first-order chi connectivity index (χ1) is 16.5. The fraction of sp³-hybridized carbons (Fsp3) is 0.192. The Balaban J connectivity index is 1.44. The minimum atomic E-state index is -0.131. The summed E-state index contributed by atoms with van der Waals surface area (Å²) in [6.07, 6.45) is 0. The maximum absolute atomic E-state index is 12.8. The second kappa shape index (κ2) is 10.9. The van der Waals surface area contributed by atoms with Crippen LogP contribution in [0.4, 0.5) is 5.69 Å². The van der Waals surface area contributed by atoms with Crippen molar-refractivity contribution in [1.82, 2.24) is 14.9 Å². The van der Waals surface area contributed by atoms with Crippen molar-refractivity contribution in [3.8, 4) is 5.75 Å².